The summed E-state index contributed by atoms with van der Waals surface area (Å²) in [6, 6.07) is 7.32. The number of methoxy groups -OCH3 is 1. The number of nitrogens with zero attached hydrogens (tertiary/aromatic N) is 1. The zero-order chi connectivity index (χ0) is 13.1. The van der Waals surface area contributed by atoms with Gasteiger partial charge in [-0.1, -0.05) is 12.1 Å². The number of rotatable bonds is 4. The maximum atomic E-state index is 10.8. The summed E-state index contributed by atoms with van der Waals surface area (Å²) in [6.07, 6.45) is -0.0950. The highest BCUT2D eigenvalue weighted by molar-refractivity contribution is 7.15. The fourth-order valence-corrected chi connectivity index (χ4v) is 2.52. The number of para-hydroxylation sites is 1. The first-order valence-electron chi connectivity index (χ1n) is 5.22. The van der Waals surface area contributed by atoms with Crippen LogP contribution in [0, 0.1) is 0 Å². The molecule has 6 heteroatoms. The van der Waals surface area contributed by atoms with Crippen molar-refractivity contribution in [3.8, 4) is 17.0 Å². The number of benzene rings is 1. The first-order chi connectivity index (χ1) is 8.61. The van der Waals surface area contributed by atoms with E-state index in [-0.39, 0.29) is 6.42 Å². The zero-order valence-corrected chi connectivity index (χ0v) is 10.5. The van der Waals surface area contributed by atoms with Gasteiger partial charge in [0.2, 0.25) is 0 Å². The van der Waals surface area contributed by atoms with E-state index in [1.165, 1.54) is 11.3 Å². The van der Waals surface area contributed by atoms with Crippen LogP contribution in [-0.2, 0) is 11.2 Å². The number of aliphatic carboxylic acids is 1. The minimum Gasteiger partial charge on any atom is -0.496 e. The highest BCUT2D eigenvalue weighted by Crippen LogP contribution is 2.35. The fourth-order valence-electron chi connectivity index (χ4n) is 1.68. The monoisotopic (exact) mass is 264 g/mol. The molecule has 0 fully saturated rings. The number of nitrogen functional groups attached to an aromatic ring is 1. The Kier molecular flexibility index (Phi) is 3.47. The number of carbonyl (C=O) groups is 1. The van der Waals surface area contributed by atoms with Crippen molar-refractivity contribution in [2.24, 2.45) is 0 Å². The van der Waals surface area contributed by atoms with Crippen LogP contribution >= 0.6 is 11.3 Å². The molecule has 0 spiro atoms. The van der Waals surface area contributed by atoms with Gasteiger partial charge in [0.15, 0.2) is 5.13 Å². The lowest BCUT2D eigenvalue weighted by Gasteiger charge is -2.06. The quantitative estimate of drug-likeness (QED) is 0.882. The summed E-state index contributed by atoms with van der Waals surface area (Å²) in [5.74, 6) is -0.260. The minimum atomic E-state index is -0.908. The van der Waals surface area contributed by atoms with E-state index in [4.69, 9.17) is 15.6 Å². The van der Waals surface area contributed by atoms with Gasteiger partial charge in [0.05, 0.1) is 19.2 Å². The van der Waals surface area contributed by atoms with Crippen LogP contribution in [0.2, 0.25) is 0 Å². The lowest BCUT2D eigenvalue weighted by molar-refractivity contribution is -0.136. The van der Waals surface area contributed by atoms with Gasteiger partial charge in [-0.05, 0) is 12.1 Å². The van der Waals surface area contributed by atoms with Gasteiger partial charge in [-0.3, -0.25) is 4.79 Å². The van der Waals surface area contributed by atoms with E-state index in [0.717, 1.165) is 5.56 Å². The Balaban J connectivity index is 2.52. The minimum absolute atomic E-state index is 0.0950. The number of nitrogens with two attached hydrogens (primary N) is 1. The van der Waals surface area contributed by atoms with E-state index in [0.29, 0.717) is 21.5 Å². The molecule has 18 heavy (non-hydrogen) atoms. The number of carboxylic acids is 1. The van der Waals surface area contributed by atoms with Crippen LogP contribution in [0.1, 0.15) is 4.88 Å². The van der Waals surface area contributed by atoms with E-state index in [1.54, 1.807) is 13.2 Å². The molecule has 0 aliphatic carbocycles. The molecule has 2 aromatic rings. The summed E-state index contributed by atoms with van der Waals surface area (Å²) in [5, 5.41) is 9.23. The maximum absolute atomic E-state index is 10.8. The van der Waals surface area contributed by atoms with Crippen LogP contribution < -0.4 is 10.5 Å². The predicted molar refractivity (Wildman–Crippen MR) is 69.9 cm³/mol. The van der Waals surface area contributed by atoms with E-state index >= 15 is 0 Å². The molecular weight excluding hydrogens is 252 g/mol. The first kappa shape index (κ1) is 12.4. The van der Waals surface area contributed by atoms with Crippen molar-refractivity contribution < 1.29 is 14.6 Å². The lowest BCUT2D eigenvalue weighted by atomic mass is 10.1. The van der Waals surface area contributed by atoms with Crippen molar-refractivity contribution in [2.75, 3.05) is 12.8 Å². The molecule has 1 heterocycles. The Morgan fingerprint density at radius 1 is 1.50 bits per heavy atom. The molecule has 5 nitrogen and oxygen atoms in total. The number of thiazole rings is 1. The Bertz CT molecular complexity index is 580. The van der Waals surface area contributed by atoms with Gasteiger partial charge in [0.25, 0.3) is 0 Å². The second kappa shape index (κ2) is 5.05. The number of ether oxygens (including phenoxy) is 1. The number of carboxylic acid groups (broad SMARTS) is 1. The molecule has 94 valence electrons. The van der Waals surface area contributed by atoms with Gasteiger partial charge in [0, 0.05) is 10.4 Å². The van der Waals surface area contributed by atoms with Crippen molar-refractivity contribution in [3.05, 3.63) is 29.1 Å². The molecule has 0 unspecified atom stereocenters. The first-order valence-corrected chi connectivity index (χ1v) is 6.04. The topological polar surface area (TPSA) is 85.4 Å². The Morgan fingerprint density at radius 2 is 2.22 bits per heavy atom. The SMILES string of the molecule is COc1ccccc1-c1nc(N)sc1CC(=O)O. The maximum Gasteiger partial charge on any atom is 0.308 e. The summed E-state index contributed by atoms with van der Waals surface area (Å²) in [6.45, 7) is 0. The van der Waals surface area contributed by atoms with E-state index in [1.807, 2.05) is 18.2 Å². The number of hydrogen-bond acceptors (Lipinski definition) is 5. The average molecular weight is 264 g/mol. The van der Waals surface area contributed by atoms with Crippen LogP contribution in [-0.4, -0.2) is 23.2 Å². The summed E-state index contributed by atoms with van der Waals surface area (Å²) in [5.41, 5.74) is 6.99. The standard InChI is InChI=1S/C12H12N2O3S/c1-17-8-5-3-2-4-7(8)11-9(6-10(15)16)18-12(13)14-11/h2-5H,6H2,1H3,(H2,13,14)(H,15,16). The number of anilines is 1. The Hall–Kier alpha value is -2.08. The largest absolute Gasteiger partial charge is 0.496 e. The second-order valence-corrected chi connectivity index (χ2v) is 4.71. The lowest BCUT2D eigenvalue weighted by Crippen LogP contribution is -2.00. The zero-order valence-electron chi connectivity index (χ0n) is 9.71. The van der Waals surface area contributed by atoms with Gasteiger partial charge in [-0.25, -0.2) is 4.98 Å². The molecular formula is C12H12N2O3S. The predicted octanol–water partition coefficient (Wildman–Crippen LogP) is 2.03. The van der Waals surface area contributed by atoms with Crippen molar-refractivity contribution in [3.63, 3.8) is 0 Å². The molecule has 0 aliphatic heterocycles. The van der Waals surface area contributed by atoms with E-state index in [2.05, 4.69) is 4.98 Å². The third-order valence-electron chi connectivity index (χ3n) is 2.39. The normalized spacial score (nSPS) is 10.3. The van der Waals surface area contributed by atoms with Gasteiger partial charge in [0.1, 0.15) is 5.75 Å². The van der Waals surface area contributed by atoms with Crippen LogP contribution in [0.15, 0.2) is 24.3 Å². The molecule has 3 N–H and O–H groups in total. The van der Waals surface area contributed by atoms with Gasteiger partial charge in [-0.2, -0.15) is 0 Å². The third-order valence-corrected chi connectivity index (χ3v) is 3.27. The van der Waals surface area contributed by atoms with Gasteiger partial charge >= 0.3 is 5.97 Å². The molecule has 1 aromatic heterocycles. The highest BCUT2D eigenvalue weighted by atomic mass is 32.1. The van der Waals surface area contributed by atoms with Crippen molar-refractivity contribution in [1.29, 1.82) is 0 Å². The molecule has 0 bridgehead atoms. The fraction of sp³-hybridized carbons (Fsp3) is 0.167. The molecule has 2 rings (SSSR count). The van der Waals surface area contributed by atoms with Crippen molar-refractivity contribution in [1.82, 2.24) is 4.98 Å². The van der Waals surface area contributed by atoms with E-state index < -0.39 is 5.97 Å². The number of aromatic nitrogens is 1. The average Bonchev–Trinajstić information content (AvgIpc) is 2.69. The van der Waals surface area contributed by atoms with Crippen LogP contribution in [0.25, 0.3) is 11.3 Å². The van der Waals surface area contributed by atoms with E-state index in [9.17, 15) is 4.79 Å². The Morgan fingerprint density at radius 3 is 2.89 bits per heavy atom. The van der Waals surface area contributed by atoms with Crippen molar-refractivity contribution >= 4 is 22.4 Å². The Labute approximate surface area is 108 Å². The van der Waals surface area contributed by atoms with Crippen LogP contribution in [0.3, 0.4) is 0 Å². The van der Waals surface area contributed by atoms with Gasteiger partial charge in [-0.15, -0.1) is 11.3 Å². The second-order valence-electron chi connectivity index (χ2n) is 3.59. The molecule has 0 aliphatic rings. The smallest absolute Gasteiger partial charge is 0.308 e. The summed E-state index contributed by atoms with van der Waals surface area (Å²) < 4.78 is 5.25. The molecule has 1 aromatic carbocycles. The summed E-state index contributed by atoms with van der Waals surface area (Å²) >= 11 is 1.19. The molecule has 0 amide bonds. The van der Waals surface area contributed by atoms with Crippen LogP contribution in [0.5, 0.6) is 5.75 Å². The molecule has 0 saturated carbocycles. The molecule has 0 radical (unpaired) electrons. The highest BCUT2D eigenvalue weighted by Gasteiger charge is 2.17. The third kappa shape index (κ3) is 2.43. The number of hydrogen-bond donors (Lipinski definition) is 2. The van der Waals surface area contributed by atoms with Gasteiger partial charge < -0.3 is 15.6 Å². The molecule has 0 saturated heterocycles. The summed E-state index contributed by atoms with van der Waals surface area (Å²) in [4.78, 5) is 15.6. The molecule has 0 atom stereocenters. The summed E-state index contributed by atoms with van der Waals surface area (Å²) in [7, 11) is 1.56. The van der Waals surface area contributed by atoms with Crippen LogP contribution in [0.4, 0.5) is 5.13 Å². The van der Waals surface area contributed by atoms with Crippen molar-refractivity contribution in [2.45, 2.75) is 6.42 Å².